The zero-order chi connectivity index (χ0) is 21.0. The van der Waals surface area contributed by atoms with Crippen LogP contribution in [0.25, 0.3) is 0 Å². The number of carbonyl (C=O) groups excluding carboxylic acids is 2. The molecular formula is C22H28N4O3. The Morgan fingerprint density at radius 2 is 1.93 bits per heavy atom. The van der Waals surface area contributed by atoms with Gasteiger partial charge in [0, 0.05) is 25.8 Å². The highest BCUT2D eigenvalue weighted by molar-refractivity contribution is 6.39. The molecular weight excluding hydrogens is 368 g/mol. The summed E-state index contributed by atoms with van der Waals surface area (Å²) in [7, 11) is 7.53. The molecule has 29 heavy (non-hydrogen) atoms. The van der Waals surface area contributed by atoms with Gasteiger partial charge in [0.2, 0.25) is 0 Å². The van der Waals surface area contributed by atoms with Gasteiger partial charge in [0.25, 0.3) is 0 Å². The Labute approximate surface area is 171 Å². The van der Waals surface area contributed by atoms with Crippen LogP contribution in [0.3, 0.4) is 0 Å². The molecule has 1 atom stereocenters. The molecule has 0 unspecified atom stereocenters. The number of para-hydroxylation sites is 2. The number of nitrogens with zero attached hydrogens (tertiary/aromatic N) is 2. The summed E-state index contributed by atoms with van der Waals surface area (Å²) in [5.74, 6) is -0.894. The first-order valence-corrected chi connectivity index (χ1v) is 9.63. The van der Waals surface area contributed by atoms with Crippen LogP contribution in [0.1, 0.15) is 17.2 Å². The molecule has 1 aliphatic heterocycles. The van der Waals surface area contributed by atoms with E-state index in [9.17, 15) is 9.59 Å². The van der Waals surface area contributed by atoms with Crippen molar-refractivity contribution in [3.8, 4) is 5.75 Å². The van der Waals surface area contributed by atoms with Crippen LogP contribution < -0.4 is 20.3 Å². The van der Waals surface area contributed by atoms with E-state index < -0.39 is 11.8 Å². The van der Waals surface area contributed by atoms with E-state index in [1.807, 2.05) is 19.0 Å². The van der Waals surface area contributed by atoms with E-state index in [-0.39, 0.29) is 6.04 Å². The third kappa shape index (κ3) is 4.68. The molecule has 1 aliphatic rings. The second kappa shape index (κ2) is 8.96. The zero-order valence-corrected chi connectivity index (χ0v) is 17.4. The molecule has 7 nitrogen and oxygen atoms in total. The van der Waals surface area contributed by atoms with Crippen LogP contribution in [-0.2, 0) is 16.0 Å². The first-order chi connectivity index (χ1) is 13.9. The summed E-state index contributed by atoms with van der Waals surface area (Å²) in [4.78, 5) is 28.9. The molecule has 7 heteroatoms. The number of benzene rings is 2. The van der Waals surface area contributed by atoms with Crippen LogP contribution in [-0.4, -0.2) is 58.1 Å². The first-order valence-electron chi connectivity index (χ1n) is 9.63. The van der Waals surface area contributed by atoms with E-state index in [0.717, 1.165) is 18.5 Å². The lowest BCUT2D eigenvalue weighted by atomic mass is 10.0. The number of hydrogen-bond donors (Lipinski definition) is 2. The molecule has 0 bridgehead atoms. The highest BCUT2D eigenvalue weighted by Crippen LogP contribution is 2.30. The van der Waals surface area contributed by atoms with Gasteiger partial charge in [0.05, 0.1) is 18.8 Å². The van der Waals surface area contributed by atoms with Crippen LogP contribution >= 0.6 is 0 Å². The van der Waals surface area contributed by atoms with E-state index in [1.54, 1.807) is 24.3 Å². The van der Waals surface area contributed by atoms with Crippen LogP contribution in [0.4, 0.5) is 11.4 Å². The standard InChI is InChI=1S/C22H28N4O3/c1-25(2)19(15-9-10-18-16(13-15)11-12-26(18)3)14-23-21(27)22(28)24-17-7-5-6-8-20(17)29-4/h5-10,13,19H,11-12,14H2,1-4H3,(H,23,27)(H,24,28)/t19-/m1/s1. The van der Waals surface area contributed by atoms with Crippen molar-refractivity contribution in [1.82, 2.24) is 10.2 Å². The number of anilines is 2. The van der Waals surface area contributed by atoms with Gasteiger partial charge in [-0.15, -0.1) is 0 Å². The minimum absolute atomic E-state index is 0.0331. The lowest BCUT2D eigenvalue weighted by Crippen LogP contribution is -2.40. The van der Waals surface area contributed by atoms with Crippen molar-refractivity contribution in [2.75, 3.05) is 51.6 Å². The normalized spacial score (nSPS) is 13.8. The molecule has 0 saturated heterocycles. The van der Waals surface area contributed by atoms with Gasteiger partial charge < -0.3 is 25.2 Å². The number of ether oxygens (including phenoxy) is 1. The molecule has 0 radical (unpaired) electrons. The maximum atomic E-state index is 12.3. The average Bonchev–Trinajstić information content (AvgIpc) is 3.08. The topological polar surface area (TPSA) is 73.9 Å². The van der Waals surface area contributed by atoms with Gasteiger partial charge in [-0.1, -0.05) is 24.3 Å². The molecule has 0 spiro atoms. The summed E-state index contributed by atoms with van der Waals surface area (Å²) in [6, 6.07) is 13.4. The number of amides is 2. The Kier molecular flexibility index (Phi) is 6.39. The molecule has 3 rings (SSSR count). The van der Waals surface area contributed by atoms with Gasteiger partial charge in [-0.05, 0) is 49.8 Å². The molecule has 154 valence electrons. The molecule has 2 N–H and O–H groups in total. The number of rotatable bonds is 6. The SMILES string of the molecule is COc1ccccc1NC(=O)C(=O)NC[C@H](c1ccc2c(c1)CCN2C)N(C)C. The maximum absolute atomic E-state index is 12.3. The fourth-order valence-electron chi connectivity index (χ4n) is 3.59. The van der Waals surface area contributed by atoms with Crippen molar-refractivity contribution >= 4 is 23.2 Å². The number of hydrogen-bond acceptors (Lipinski definition) is 5. The number of methoxy groups -OCH3 is 1. The largest absolute Gasteiger partial charge is 0.495 e. The smallest absolute Gasteiger partial charge is 0.313 e. The minimum atomic E-state index is -0.720. The molecule has 0 fully saturated rings. The zero-order valence-electron chi connectivity index (χ0n) is 17.4. The fourth-order valence-corrected chi connectivity index (χ4v) is 3.59. The Hall–Kier alpha value is -3.06. The second-order valence-corrected chi connectivity index (χ2v) is 7.40. The van der Waals surface area contributed by atoms with Crippen LogP contribution in [0.15, 0.2) is 42.5 Å². The molecule has 1 heterocycles. The Balaban J connectivity index is 1.64. The summed E-state index contributed by atoms with van der Waals surface area (Å²) in [5, 5.41) is 5.35. The van der Waals surface area contributed by atoms with E-state index in [0.29, 0.717) is 18.0 Å². The van der Waals surface area contributed by atoms with Crippen molar-refractivity contribution in [2.24, 2.45) is 0 Å². The van der Waals surface area contributed by atoms with E-state index in [2.05, 4.69) is 40.8 Å². The predicted molar refractivity (Wildman–Crippen MR) is 114 cm³/mol. The molecule has 2 aromatic carbocycles. The average molecular weight is 396 g/mol. The lowest BCUT2D eigenvalue weighted by Gasteiger charge is -2.26. The van der Waals surface area contributed by atoms with Crippen molar-refractivity contribution in [3.63, 3.8) is 0 Å². The van der Waals surface area contributed by atoms with Crippen LogP contribution in [0.2, 0.25) is 0 Å². The quantitative estimate of drug-likeness (QED) is 0.731. The highest BCUT2D eigenvalue weighted by Gasteiger charge is 2.22. The first kappa shape index (κ1) is 20.7. The van der Waals surface area contributed by atoms with Gasteiger partial charge in [-0.2, -0.15) is 0 Å². The van der Waals surface area contributed by atoms with Gasteiger partial charge in [-0.25, -0.2) is 0 Å². The van der Waals surface area contributed by atoms with Crippen molar-refractivity contribution in [2.45, 2.75) is 12.5 Å². The lowest BCUT2D eigenvalue weighted by molar-refractivity contribution is -0.136. The molecule has 2 aromatic rings. The molecule has 2 amide bonds. The Bertz CT molecular complexity index is 897. The highest BCUT2D eigenvalue weighted by atomic mass is 16.5. The summed E-state index contributed by atoms with van der Waals surface area (Å²) in [5.41, 5.74) is 4.15. The van der Waals surface area contributed by atoms with Gasteiger partial charge >= 0.3 is 11.8 Å². The van der Waals surface area contributed by atoms with Crippen molar-refractivity contribution in [3.05, 3.63) is 53.6 Å². The third-order valence-electron chi connectivity index (χ3n) is 5.26. The Morgan fingerprint density at radius 1 is 1.17 bits per heavy atom. The summed E-state index contributed by atoms with van der Waals surface area (Å²) >= 11 is 0. The third-order valence-corrected chi connectivity index (χ3v) is 5.26. The number of carbonyl (C=O) groups is 2. The maximum Gasteiger partial charge on any atom is 0.313 e. The van der Waals surface area contributed by atoms with E-state index in [1.165, 1.54) is 18.4 Å². The predicted octanol–water partition coefficient (Wildman–Crippen LogP) is 2.05. The van der Waals surface area contributed by atoms with Gasteiger partial charge in [0.15, 0.2) is 0 Å². The number of likely N-dealkylation sites (N-methyl/N-ethyl adjacent to an activating group) is 2. The van der Waals surface area contributed by atoms with Crippen molar-refractivity contribution < 1.29 is 14.3 Å². The molecule has 0 aliphatic carbocycles. The van der Waals surface area contributed by atoms with Crippen LogP contribution in [0, 0.1) is 0 Å². The Morgan fingerprint density at radius 3 is 2.66 bits per heavy atom. The summed E-state index contributed by atoms with van der Waals surface area (Å²) in [6.07, 6.45) is 1.02. The number of nitrogens with one attached hydrogen (secondary N) is 2. The molecule has 0 aromatic heterocycles. The molecule has 0 saturated carbocycles. The minimum Gasteiger partial charge on any atom is -0.495 e. The van der Waals surface area contributed by atoms with E-state index in [4.69, 9.17) is 4.74 Å². The van der Waals surface area contributed by atoms with Crippen molar-refractivity contribution in [1.29, 1.82) is 0 Å². The van der Waals surface area contributed by atoms with Gasteiger partial charge in [0.1, 0.15) is 5.75 Å². The second-order valence-electron chi connectivity index (χ2n) is 7.40. The van der Waals surface area contributed by atoms with E-state index >= 15 is 0 Å². The summed E-state index contributed by atoms with van der Waals surface area (Å²) in [6.45, 7) is 1.35. The van der Waals surface area contributed by atoms with Crippen LogP contribution in [0.5, 0.6) is 5.75 Å². The van der Waals surface area contributed by atoms with Gasteiger partial charge in [-0.3, -0.25) is 9.59 Å². The fraction of sp³-hybridized carbons (Fsp3) is 0.364. The number of fused-ring (bicyclic) bond motifs is 1. The summed E-state index contributed by atoms with van der Waals surface area (Å²) < 4.78 is 5.20. The monoisotopic (exact) mass is 396 g/mol.